The molecule has 64 valence electrons. The second kappa shape index (κ2) is 2.17. The number of hydrogen-bond donors (Lipinski definition) is 4. The van der Waals surface area contributed by atoms with Crippen molar-refractivity contribution in [2.24, 2.45) is 0 Å². The van der Waals surface area contributed by atoms with Crippen LogP contribution in [0.25, 0.3) is 0 Å². The minimum absolute atomic E-state index is 0.0246. The fourth-order valence-corrected chi connectivity index (χ4v) is 1.98. The Morgan fingerprint density at radius 1 is 1.36 bits per heavy atom. The highest BCUT2D eigenvalue weighted by atomic mass is 16.4. The second-order valence-electron chi connectivity index (χ2n) is 3.53. The molecule has 0 radical (unpaired) electrons. The largest absolute Gasteiger partial charge is 0.391 e. The summed E-state index contributed by atoms with van der Waals surface area (Å²) < 4.78 is 0. The number of fused-ring (bicyclic) bond motifs is 2. The molecule has 11 heavy (non-hydrogen) atoms. The Balaban J connectivity index is 2.19. The number of hydrogen-bond acceptors (Lipinski definition) is 4. The second-order valence-corrected chi connectivity index (χ2v) is 3.53. The Morgan fingerprint density at radius 3 is 2.82 bits per heavy atom. The van der Waals surface area contributed by atoms with E-state index in [1.807, 2.05) is 0 Å². The van der Waals surface area contributed by atoms with Gasteiger partial charge in [-0.1, -0.05) is 0 Å². The van der Waals surface area contributed by atoms with Crippen LogP contribution < -0.4 is 5.32 Å². The zero-order chi connectivity index (χ0) is 8.06. The zero-order valence-corrected chi connectivity index (χ0v) is 6.20. The van der Waals surface area contributed by atoms with Gasteiger partial charge in [0.05, 0.1) is 12.2 Å². The fourth-order valence-electron chi connectivity index (χ4n) is 1.98. The van der Waals surface area contributed by atoms with E-state index in [4.69, 9.17) is 0 Å². The van der Waals surface area contributed by atoms with Gasteiger partial charge in [0.1, 0.15) is 5.72 Å². The summed E-state index contributed by atoms with van der Waals surface area (Å²) in [4.78, 5) is 0. The topological polar surface area (TPSA) is 72.7 Å². The lowest BCUT2D eigenvalue weighted by molar-refractivity contribution is -0.127. The Morgan fingerprint density at radius 2 is 2.09 bits per heavy atom. The summed E-state index contributed by atoms with van der Waals surface area (Å²) in [6.07, 6.45) is 0.239. The fraction of sp³-hybridized carbons (Fsp3) is 1.00. The van der Waals surface area contributed by atoms with Crippen molar-refractivity contribution >= 4 is 0 Å². The van der Waals surface area contributed by atoms with Crippen LogP contribution in [0.2, 0.25) is 0 Å². The average Bonchev–Trinajstić information content (AvgIpc) is 2.28. The molecule has 2 fully saturated rings. The molecule has 4 N–H and O–H groups in total. The number of aliphatic hydroxyl groups is 3. The highest BCUT2D eigenvalue weighted by Gasteiger charge is 2.49. The van der Waals surface area contributed by atoms with E-state index in [1.54, 1.807) is 0 Å². The summed E-state index contributed by atoms with van der Waals surface area (Å²) in [5.74, 6) is 0. The molecule has 4 atom stereocenters. The normalized spacial score (nSPS) is 56.5. The minimum atomic E-state index is -1.12. The van der Waals surface area contributed by atoms with Gasteiger partial charge < -0.3 is 15.3 Å². The Kier molecular flexibility index (Phi) is 1.47. The summed E-state index contributed by atoms with van der Waals surface area (Å²) in [5, 5.41) is 31.2. The molecule has 0 unspecified atom stereocenters. The van der Waals surface area contributed by atoms with Gasteiger partial charge in [0, 0.05) is 12.5 Å². The van der Waals surface area contributed by atoms with E-state index in [-0.39, 0.29) is 12.5 Å². The predicted octanol–water partition coefficient (Wildman–Crippen LogP) is -1.45. The zero-order valence-electron chi connectivity index (χ0n) is 6.20. The van der Waals surface area contributed by atoms with Gasteiger partial charge in [0.15, 0.2) is 0 Å². The quantitative estimate of drug-likeness (QED) is 0.349. The molecule has 0 amide bonds. The molecule has 0 saturated carbocycles. The van der Waals surface area contributed by atoms with E-state index in [0.29, 0.717) is 6.42 Å². The lowest BCUT2D eigenvalue weighted by Gasteiger charge is -2.36. The van der Waals surface area contributed by atoms with Crippen molar-refractivity contribution in [2.75, 3.05) is 0 Å². The van der Waals surface area contributed by atoms with Gasteiger partial charge in [-0.3, -0.25) is 5.32 Å². The van der Waals surface area contributed by atoms with Crippen molar-refractivity contribution in [3.8, 4) is 0 Å². The van der Waals surface area contributed by atoms with Crippen LogP contribution >= 0.6 is 0 Å². The van der Waals surface area contributed by atoms with Gasteiger partial charge in [0.25, 0.3) is 0 Å². The van der Waals surface area contributed by atoms with Gasteiger partial charge in [0.2, 0.25) is 0 Å². The standard InChI is InChI=1S/C7H13NO3/c9-5-3-6(10)7(11)2-1-4(5)8-7/h4-6,8-11H,1-3H2/t4-,5+,6+,7-/m1/s1. The highest BCUT2D eigenvalue weighted by molar-refractivity contribution is 5.02. The monoisotopic (exact) mass is 159 g/mol. The summed E-state index contributed by atoms with van der Waals surface area (Å²) in [6.45, 7) is 0. The summed E-state index contributed by atoms with van der Waals surface area (Å²) >= 11 is 0. The molecule has 4 heteroatoms. The molecular formula is C7H13NO3. The first-order chi connectivity index (χ1) is 5.12. The maximum absolute atomic E-state index is 9.64. The molecule has 0 aliphatic carbocycles. The van der Waals surface area contributed by atoms with Crippen LogP contribution in [0.4, 0.5) is 0 Å². The third-order valence-corrected chi connectivity index (χ3v) is 2.75. The van der Waals surface area contributed by atoms with Gasteiger partial charge in [-0.15, -0.1) is 0 Å². The minimum Gasteiger partial charge on any atom is -0.391 e. The Hall–Kier alpha value is -0.160. The van der Waals surface area contributed by atoms with Crippen LogP contribution in [0.1, 0.15) is 19.3 Å². The first-order valence-electron chi connectivity index (χ1n) is 3.98. The average molecular weight is 159 g/mol. The molecule has 2 saturated heterocycles. The van der Waals surface area contributed by atoms with Crippen LogP contribution in [0.5, 0.6) is 0 Å². The SMILES string of the molecule is O[C@H]1C[C@H](O)[C@]2(O)CC[C@H]1N2. The molecule has 4 nitrogen and oxygen atoms in total. The van der Waals surface area contributed by atoms with Crippen molar-refractivity contribution < 1.29 is 15.3 Å². The van der Waals surface area contributed by atoms with Gasteiger partial charge in [-0.2, -0.15) is 0 Å². The van der Waals surface area contributed by atoms with Crippen molar-refractivity contribution in [2.45, 2.75) is 43.2 Å². The lowest BCUT2D eigenvalue weighted by Crippen LogP contribution is -2.60. The van der Waals surface area contributed by atoms with Crippen molar-refractivity contribution in [1.82, 2.24) is 5.32 Å². The molecule has 0 aromatic carbocycles. The number of nitrogens with one attached hydrogen (secondary N) is 1. The predicted molar refractivity (Wildman–Crippen MR) is 37.7 cm³/mol. The van der Waals surface area contributed by atoms with Crippen LogP contribution in [0, 0.1) is 0 Å². The molecule has 2 aliphatic heterocycles. The number of aliphatic hydroxyl groups excluding tert-OH is 2. The molecule has 0 spiro atoms. The van der Waals surface area contributed by atoms with Crippen LogP contribution in [0.3, 0.4) is 0 Å². The van der Waals surface area contributed by atoms with E-state index in [2.05, 4.69) is 5.32 Å². The Labute approximate surface area is 64.8 Å². The first-order valence-corrected chi connectivity index (χ1v) is 3.98. The van der Waals surface area contributed by atoms with Gasteiger partial charge >= 0.3 is 0 Å². The highest BCUT2D eigenvalue weighted by Crippen LogP contribution is 2.33. The third-order valence-electron chi connectivity index (χ3n) is 2.75. The smallest absolute Gasteiger partial charge is 0.142 e. The summed E-state index contributed by atoms with van der Waals surface area (Å²) in [6, 6.07) is -0.0246. The molecular weight excluding hydrogens is 146 g/mol. The maximum Gasteiger partial charge on any atom is 0.142 e. The van der Waals surface area contributed by atoms with Crippen LogP contribution in [-0.2, 0) is 0 Å². The number of rotatable bonds is 0. The molecule has 0 aromatic rings. The number of piperidine rings is 1. The van der Waals surface area contributed by atoms with Gasteiger partial charge in [-0.05, 0) is 12.8 Å². The summed E-state index contributed by atoms with van der Waals surface area (Å²) in [5.41, 5.74) is -1.12. The Bertz CT molecular complexity index is 175. The lowest BCUT2D eigenvalue weighted by atomic mass is 9.97. The molecule has 2 rings (SSSR count). The summed E-state index contributed by atoms with van der Waals surface area (Å²) in [7, 11) is 0. The van der Waals surface area contributed by atoms with Crippen LogP contribution in [0.15, 0.2) is 0 Å². The molecule has 2 bridgehead atoms. The van der Waals surface area contributed by atoms with E-state index < -0.39 is 17.9 Å². The van der Waals surface area contributed by atoms with Crippen molar-refractivity contribution in [1.29, 1.82) is 0 Å². The molecule has 2 aliphatic rings. The van der Waals surface area contributed by atoms with E-state index in [0.717, 1.165) is 6.42 Å². The van der Waals surface area contributed by atoms with Crippen molar-refractivity contribution in [3.63, 3.8) is 0 Å². The maximum atomic E-state index is 9.64. The van der Waals surface area contributed by atoms with E-state index >= 15 is 0 Å². The molecule has 2 heterocycles. The molecule has 0 aromatic heterocycles. The first kappa shape index (κ1) is 7.49. The van der Waals surface area contributed by atoms with E-state index in [9.17, 15) is 15.3 Å². The van der Waals surface area contributed by atoms with Gasteiger partial charge in [-0.25, -0.2) is 0 Å². The van der Waals surface area contributed by atoms with E-state index in [1.165, 1.54) is 0 Å². The third kappa shape index (κ3) is 0.980. The van der Waals surface area contributed by atoms with Crippen LogP contribution in [-0.4, -0.2) is 39.3 Å². The van der Waals surface area contributed by atoms with Crippen molar-refractivity contribution in [3.05, 3.63) is 0 Å².